The molecule has 28 heavy (non-hydrogen) atoms. The third-order valence-electron chi connectivity index (χ3n) is 4.75. The average Bonchev–Trinajstić information content (AvgIpc) is 2.72. The molecule has 0 fully saturated rings. The second-order valence-corrected chi connectivity index (χ2v) is 6.84. The number of pyridine rings is 1. The second-order valence-electron chi connectivity index (χ2n) is 6.84. The van der Waals surface area contributed by atoms with E-state index in [1.165, 1.54) is 6.07 Å². The van der Waals surface area contributed by atoms with E-state index < -0.39 is 0 Å². The first kappa shape index (κ1) is 18.1. The number of H-pyrrole nitrogens is 1. The molecule has 0 radical (unpaired) electrons. The molecule has 1 N–H and O–H groups in total. The smallest absolute Gasteiger partial charge is 0.254 e. The summed E-state index contributed by atoms with van der Waals surface area (Å²) in [5, 5.41) is 0.736. The van der Waals surface area contributed by atoms with Gasteiger partial charge in [-0.2, -0.15) is 0 Å². The number of hydrogen-bond acceptors (Lipinski definition) is 4. The van der Waals surface area contributed by atoms with E-state index in [1.54, 1.807) is 11.0 Å². The molecule has 0 saturated heterocycles. The van der Waals surface area contributed by atoms with E-state index in [1.807, 2.05) is 49.4 Å². The molecule has 3 aromatic rings. The Bertz CT molecular complexity index is 1060. The van der Waals surface area contributed by atoms with Gasteiger partial charge < -0.3 is 19.4 Å². The number of carbonyl (C=O) groups is 1. The lowest BCUT2D eigenvalue weighted by Gasteiger charge is -2.31. The van der Waals surface area contributed by atoms with Crippen LogP contribution in [0.5, 0.6) is 11.5 Å². The Kier molecular flexibility index (Phi) is 5.02. The second kappa shape index (κ2) is 7.76. The minimum atomic E-state index is -0.287. The zero-order valence-electron chi connectivity index (χ0n) is 15.7. The maximum Gasteiger partial charge on any atom is 0.254 e. The lowest BCUT2D eigenvalue weighted by Crippen LogP contribution is -2.44. The van der Waals surface area contributed by atoms with Gasteiger partial charge in [0.2, 0.25) is 5.56 Å². The maximum atomic E-state index is 13.3. The number of benzene rings is 2. The predicted molar refractivity (Wildman–Crippen MR) is 107 cm³/mol. The Balaban J connectivity index is 1.60. The number of fused-ring (bicyclic) bond motifs is 2. The fourth-order valence-corrected chi connectivity index (χ4v) is 3.50. The highest BCUT2D eigenvalue weighted by molar-refractivity contribution is 6.05. The summed E-state index contributed by atoms with van der Waals surface area (Å²) in [7, 11) is 0. The molecule has 0 saturated carbocycles. The third kappa shape index (κ3) is 3.58. The number of carbonyl (C=O) groups excluding carboxylic acids is 1. The van der Waals surface area contributed by atoms with Crippen molar-refractivity contribution in [3.05, 3.63) is 70.5 Å². The van der Waals surface area contributed by atoms with E-state index in [9.17, 15) is 9.59 Å². The Morgan fingerprint density at radius 2 is 1.89 bits per heavy atom. The van der Waals surface area contributed by atoms with Crippen molar-refractivity contribution in [1.29, 1.82) is 0 Å². The van der Waals surface area contributed by atoms with Crippen molar-refractivity contribution in [2.45, 2.75) is 19.4 Å². The topological polar surface area (TPSA) is 71.6 Å². The van der Waals surface area contributed by atoms with Gasteiger partial charge in [-0.25, -0.2) is 0 Å². The first-order chi connectivity index (χ1) is 13.7. The minimum absolute atomic E-state index is 0.174. The first-order valence-electron chi connectivity index (χ1n) is 9.45. The van der Waals surface area contributed by atoms with Crippen LogP contribution in [0.4, 0.5) is 0 Å². The van der Waals surface area contributed by atoms with Crippen LogP contribution in [0.15, 0.2) is 59.4 Å². The summed E-state index contributed by atoms with van der Waals surface area (Å²) >= 11 is 0. The summed E-state index contributed by atoms with van der Waals surface area (Å²) < 4.78 is 11.8. The highest BCUT2D eigenvalue weighted by atomic mass is 16.6. The summed E-state index contributed by atoms with van der Waals surface area (Å²) in [5.74, 6) is 1.23. The third-order valence-corrected chi connectivity index (χ3v) is 4.75. The van der Waals surface area contributed by atoms with Gasteiger partial charge in [-0.05, 0) is 24.6 Å². The molecule has 1 atom stereocenters. The summed E-state index contributed by atoms with van der Waals surface area (Å²) in [5.41, 5.74) is 0.774. The van der Waals surface area contributed by atoms with Crippen LogP contribution in [-0.2, 0) is 0 Å². The lowest BCUT2D eigenvalue weighted by molar-refractivity contribution is 0.0464. The van der Waals surface area contributed by atoms with E-state index in [0.29, 0.717) is 42.3 Å². The van der Waals surface area contributed by atoms with Crippen LogP contribution >= 0.6 is 0 Å². The molecule has 1 aromatic heterocycles. The zero-order valence-corrected chi connectivity index (χ0v) is 15.7. The Morgan fingerprint density at radius 3 is 2.71 bits per heavy atom. The van der Waals surface area contributed by atoms with E-state index >= 15 is 0 Å². The van der Waals surface area contributed by atoms with Crippen LogP contribution in [0.3, 0.4) is 0 Å². The summed E-state index contributed by atoms with van der Waals surface area (Å²) in [6.45, 7) is 3.36. The van der Waals surface area contributed by atoms with E-state index in [-0.39, 0.29) is 17.6 Å². The van der Waals surface area contributed by atoms with Crippen molar-refractivity contribution in [1.82, 2.24) is 9.88 Å². The number of ether oxygens (including phenoxy) is 2. The zero-order chi connectivity index (χ0) is 19.5. The van der Waals surface area contributed by atoms with Gasteiger partial charge in [0, 0.05) is 23.5 Å². The fourth-order valence-electron chi connectivity index (χ4n) is 3.50. The van der Waals surface area contributed by atoms with Crippen molar-refractivity contribution in [3.63, 3.8) is 0 Å². The van der Waals surface area contributed by atoms with Gasteiger partial charge in [0.25, 0.3) is 5.91 Å². The molecule has 1 aliphatic rings. The van der Waals surface area contributed by atoms with Crippen molar-refractivity contribution < 1.29 is 14.3 Å². The van der Waals surface area contributed by atoms with Gasteiger partial charge >= 0.3 is 0 Å². The quantitative estimate of drug-likeness (QED) is 0.740. The molecule has 6 nitrogen and oxygen atoms in total. The Hall–Kier alpha value is -3.28. The molecule has 0 spiro atoms. The number of nitrogens with one attached hydrogen (secondary N) is 1. The molecule has 0 aliphatic carbocycles. The van der Waals surface area contributed by atoms with Crippen LogP contribution in [-0.4, -0.2) is 41.6 Å². The maximum absolute atomic E-state index is 13.3. The van der Waals surface area contributed by atoms with Crippen molar-refractivity contribution in [3.8, 4) is 11.5 Å². The number of amides is 1. The SMILES string of the molecule is CCCN(C[C@@H]1COc2ccccc2O1)C(=O)c1cc(=O)[nH]c2ccccc12. The molecule has 0 unspecified atom stereocenters. The summed E-state index contributed by atoms with van der Waals surface area (Å²) in [4.78, 5) is 29.9. The number of para-hydroxylation sites is 3. The molecule has 2 heterocycles. The van der Waals surface area contributed by atoms with Crippen molar-refractivity contribution in [2.24, 2.45) is 0 Å². The molecule has 0 bridgehead atoms. The van der Waals surface area contributed by atoms with Crippen LogP contribution < -0.4 is 15.0 Å². The van der Waals surface area contributed by atoms with E-state index in [2.05, 4.69) is 4.98 Å². The Labute approximate surface area is 162 Å². The van der Waals surface area contributed by atoms with Gasteiger partial charge in [0.1, 0.15) is 6.61 Å². The molecule has 1 amide bonds. The average molecular weight is 378 g/mol. The molecule has 6 heteroatoms. The van der Waals surface area contributed by atoms with Crippen molar-refractivity contribution >= 4 is 16.8 Å². The van der Waals surface area contributed by atoms with Crippen LogP contribution in [0.2, 0.25) is 0 Å². The number of aromatic nitrogens is 1. The molecule has 144 valence electrons. The number of hydrogen-bond donors (Lipinski definition) is 1. The molecule has 1 aliphatic heterocycles. The van der Waals surface area contributed by atoms with Gasteiger partial charge in [-0.1, -0.05) is 37.3 Å². The fraction of sp³-hybridized carbons (Fsp3) is 0.273. The summed E-state index contributed by atoms with van der Waals surface area (Å²) in [6.07, 6.45) is 0.537. The van der Waals surface area contributed by atoms with Crippen LogP contribution in [0, 0.1) is 0 Å². The molecular formula is C22H22N2O4. The van der Waals surface area contributed by atoms with Gasteiger partial charge in [-0.15, -0.1) is 0 Å². The monoisotopic (exact) mass is 378 g/mol. The normalized spacial score (nSPS) is 15.4. The van der Waals surface area contributed by atoms with Crippen LogP contribution in [0.1, 0.15) is 23.7 Å². The van der Waals surface area contributed by atoms with Crippen LogP contribution in [0.25, 0.3) is 10.9 Å². The molecule has 2 aromatic carbocycles. The number of aromatic amines is 1. The Morgan fingerprint density at radius 1 is 1.14 bits per heavy atom. The van der Waals surface area contributed by atoms with Gasteiger partial charge in [0.05, 0.1) is 12.1 Å². The molecule has 4 rings (SSSR count). The highest BCUT2D eigenvalue weighted by Gasteiger charge is 2.26. The highest BCUT2D eigenvalue weighted by Crippen LogP contribution is 2.31. The lowest BCUT2D eigenvalue weighted by atomic mass is 10.1. The van der Waals surface area contributed by atoms with E-state index in [4.69, 9.17) is 9.47 Å². The predicted octanol–water partition coefficient (Wildman–Crippen LogP) is 3.22. The number of rotatable bonds is 5. The summed E-state index contributed by atoms with van der Waals surface area (Å²) in [6, 6.07) is 16.2. The number of nitrogens with zero attached hydrogens (tertiary/aromatic N) is 1. The molecular weight excluding hydrogens is 356 g/mol. The first-order valence-corrected chi connectivity index (χ1v) is 9.45. The largest absolute Gasteiger partial charge is 0.486 e. The minimum Gasteiger partial charge on any atom is -0.486 e. The van der Waals surface area contributed by atoms with E-state index in [0.717, 1.165) is 11.8 Å². The van der Waals surface area contributed by atoms with Gasteiger partial charge in [0.15, 0.2) is 17.6 Å². The van der Waals surface area contributed by atoms with Gasteiger partial charge in [-0.3, -0.25) is 9.59 Å². The standard InChI is InChI=1S/C22H22N2O4/c1-2-11-24(13-15-14-27-19-9-5-6-10-20(19)28-15)22(26)17-12-21(25)23-18-8-4-3-7-16(17)18/h3-10,12,15H,2,11,13-14H2,1H3,(H,23,25)/t15-/m1/s1. The van der Waals surface area contributed by atoms with Crippen molar-refractivity contribution in [2.75, 3.05) is 19.7 Å².